The summed E-state index contributed by atoms with van der Waals surface area (Å²) in [5.41, 5.74) is 4.24. The van der Waals surface area contributed by atoms with Crippen LogP contribution in [0.25, 0.3) is 31.6 Å². The number of nitro groups is 2. The first-order valence-electron chi connectivity index (χ1n) is 25.8. The number of hydrogen-bond donors (Lipinski definition) is 2. The number of thiazole rings is 2. The lowest BCUT2D eigenvalue weighted by atomic mass is 10.1. The molecule has 0 unspecified atom stereocenters. The minimum atomic E-state index is -4.02. The van der Waals surface area contributed by atoms with Crippen molar-refractivity contribution in [1.29, 1.82) is 0 Å². The lowest BCUT2D eigenvalue weighted by Gasteiger charge is -2.26. The summed E-state index contributed by atoms with van der Waals surface area (Å²) in [5.74, 6) is 0. The molecule has 25 heteroatoms. The van der Waals surface area contributed by atoms with E-state index in [0.717, 1.165) is 25.5 Å². The van der Waals surface area contributed by atoms with Gasteiger partial charge in [-0.25, -0.2) is 45.8 Å². The van der Waals surface area contributed by atoms with Crippen molar-refractivity contribution in [1.82, 2.24) is 29.2 Å². The number of nitrogens with zero attached hydrogens (tertiary/aromatic N) is 8. The van der Waals surface area contributed by atoms with Crippen molar-refractivity contribution in [2.45, 2.75) is 97.3 Å². The Bertz CT molecular complexity index is 3840. The number of halogens is 1. The summed E-state index contributed by atoms with van der Waals surface area (Å²) in [6.45, 7) is 13.2. The van der Waals surface area contributed by atoms with Crippen LogP contribution in [-0.4, -0.2) is 97.8 Å². The third kappa shape index (κ3) is 19.6. The van der Waals surface area contributed by atoms with E-state index >= 15 is 0 Å². The number of urea groups is 2. The van der Waals surface area contributed by atoms with Gasteiger partial charge in [0.2, 0.25) is 20.0 Å². The van der Waals surface area contributed by atoms with Crippen LogP contribution >= 0.6 is 38.6 Å². The van der Waals surface area contributed by atoms with Gasteiger partial charge in [0.25, 0.3) is 11.4 Å². The zero-order chi connectivity index (χ0) is 61.9. The average Bonchev–Trinajstić information content (AvgIpc) is 1.37. The summed E-state index contributed by atoms with van der Waals surface area (Å²) < 4.78 is 59.1. The van der Waals surface area contributed by atoms with E-state index in [1.165, 1.54) is 68.9 Å². The van der Waals surface area contributed by atoms with E-state index in [1.54, 1.807) is 147 Å². The summed E-state index contributed by atoms with van der Waals surface area (Å²) >= 11 is 6.07. The summed E-state index contributed by atoms with van der Waals surface area (Å²) in [6.07, 6.45) is 3.29. The van der Waals surface area contributed by atoms with Gasteiger partial charge in [-0.2, -0.15) is 0 Å². The molecule has 20 nitrogen and oxygen atoms in total. The number of carbonyl (C=O) groups is 2. The molecular formula is C61H73BrN10O10S4. The van der Waals surface area contributed by atoms with Crippen LogP contribution in [0.2, 0.25) is 0 Å². The summed E-state index contributed by atoms with van der Waals surface area (Å²) in [5, 5.41) is 22.9. The molecule has 0 saturated heterocycles. The van der Waals surface area contributed by atoms with Gasteiger partial charge in [0.15, 0.2) is 0 Å². The highest BCUT2D eigenvalue weighted by Gasteiger charge is 2.29. The first-order chi connectivity index (χ1) is 39.3. The van der Waals surface area contributed by atoms with Crippen molar-refractivity contribution in [3.63, 3.8) is 0 Å². The Labute approximate surface area is 521 Å². The second-order valence-corrected chi connectivity index (χ2v) is 28.1. The van der Waals surface area contributed by atoms with Crippen LogP contribution in [0.3, 0.4) is 0 Å². The maximum Gasteiger partial charge on any atom is 0.324 e. The molecule has 0 radical (unpaired) electrons. The zero-order valence-electron chi connectivity index (χ0n) is 48.1. The first kappa shape index (κ1) is 70.7. The van der Waals surface area contributed by atoms with Crippen LogP contribution < -0.4 is 19.2 Å². The highest BCUT2D eigenvalue weighted by Crippen LogP contribution is 2.38. The number of anilines is 2. The molecule has 2 N–H and O–H groups in total. The minimum absolute atomic E-state index is 0. The first-order valence-corrected chi connectivity index (χ1v) is 31.2. The van der Waals surface area contributed by atoms with Gasteiger partial charge in [0.05, 0.1) is 34.5 Å². The highest BCUT2D eigenvalue weighted by molar-refractivity contribution is 9.11. The standard InChI is InChI=1S/C29H31N5O5S2.C21H29N3O3S.C9H5BrN2O2S.2CH4/c1-29(2,3)31-41(38,39)26-17-23(33(5)28(35)32(4)19-20-9-7-6-8-10-20)15-16-24(26)25-18-30-27(40-25)21-11-13-22(14-12-21)34(36)37;1-16-12-13-18(14-19(16)28(26,27)22-21(2,3)4)24(6)20(25)23(5)15-17-10-8-7-9-11-17;10-8-5-11-9(15-8)6-1-3-7(4-2-6)12(13)14;;/h6-18,31H,19H2,1-5H3;7-14,22H,15H2,1-6H3;1-5H;2*1H4. The predicted octanol–water partition coefficient (Wildman–Crippen LogP) is 14.7. The normalized spacial score (nSPS) is 11.3. The summed E-state index contributed by atoms with van der Waals surface area (Å²) in [6, 6.07) is 41.0. The SMILES string of the molecule is C.C.CN(Cc1ccccc1)C(=O)N(C)c1ccc(-c2cnc(-c3ccc([N+](=O)[O-])cc3)s2)c(S(=O)(=O)NC(C)(C)C)c1.Cc1ccc(N(C)C(=O)N(C)Cc2ccccc2)cc1S(=O)(=O)NC(C)(C)C.O=[N+]([O-])c1ccc(-c2ncc(Br)s2)cc1. The number of nitrogens with one attached hydrogen (secondary N) is 2. The Morgan fingerprint density at radius 1 is 0.558 bits per heavy atom. The molecule has 0 aliphatic heterocycles. The number of rotatable bonds is 15. The van der Waals surface area contributed by atoms with Gasteiger partial charge < -0.3 is 9.80 Å². The average molecular weight is 1310 g/mol. The van der Waals surface area contributed by atoms with Crippen molar-refractivity contribution in [2.24, 2.45) is 0 Å². The molecule has 6 aromatic carbocycles. The fraction of sp³-hybridized carbons (Fsp3) is 0.279. The number of aryl methyl sites for hydroxylation is 1. The number of sulfonamides is 2. The Kier molecular flexibility index (Phi) is 24.7. The Morgan fingerprint density at radius 3 is 1.34 bits per heavy atom. The lowest BCUT2D eigenvalue weighted by molar-refractivity contribution is -0.385. The molecular weight excluding hydrogens is 1240 g/mol. The molecule has 86 heavy (non-hydrogen) atoms. The lowest BCUT2D eigenvalue weighted by Crippen LogP contribution is -2.41. The minimum Gasteiger partial charge on any atom is -0.323 e. The van der Waals surface area contributed by atoms with Crippen molar-refractivity contribution >= 4 is 93.5 Å². The van der Waals surface area contributed by atoms with E-state index in [2.05, 4.69) is 35.3 Å². The number of benzene rings is 6. The Balaban J connectivity index is 0.000000303. The molecule has 0 bridgehead atoms. The van der Waals surface area contributed by atoms with Crippen LogP contribution in [0.5, 0.6) is 0 Å². The molecule has 8 aromatic rings. The van der Waals surface area contributed by atoms with E-state index in [-0.39, 0.29) is 48.1 Å². The monoisotopic (exact) mass is 1310 g/mol. The van der Waals surface area contributed by atoms with Gasteiger partial charge in [0, 0.05) is 111 Å². The van der Waals surface area contributed by atoms with E-state index in [9.17, 15) is 46.7 Å². The number of nitro benzene ring substituents is 2. The molecule has 0 aliphatic rings. The molecule has 0 saturated carbocycles. The number of amides is 4. The fourth-order valence-corrected chi connectivity index (χ4v) is 13.7. The molecule has 458 valence electrons. The van der Waals surface area contributed by atoms with Gasteiger partial charge in [-0.15, -0.1) is 22.7 Å². The van der Waals surface area contributed by atoms with Crippen LogP contribution in [-0.2, 0) is 33.1 Å². The topological polar surface area (TPSA) is 252 Å². The summed E-state index contributed by atoms with van der Waals surface area (Å²) in [7, 11) is -1.06. The quantitative estimate of drug-likeness (QED) is 0.0718. The fourth-order valence-electron chi connectivity index (χ4n) is 8.10. The largest absolute Gasteiger partial charge is 0.324 e. The number of aromatic nitrogens is 2. The Morgan fingerprint density at radius 2 is 0.942 bits per heavy atom. The molecule has 0 fully saturated rings. The van der Waals surface area contributed by atoms with Crippen LogP contribution in [0.15, 0.2) is 172 Å². The second kappa shape index (κ2) is 30.0. The van der Waals surface area contributed by atoms with Gasteiger partial charge in [-0.1, -0.05) is 87.6 Å². The molecule has 8 rings (SSSR count). The maximum atomic E-state index is 13.6. The smallest absolute Gasteiger partial charge is 0.323 e. The van der Waals surface area contributed by atoms with Gasteiger partial charge >= 0.3 is 12.1 Å². The van der Waals surface area contributed by atoms with Crippen LogP contribution in [0.4, 0.5) is 32.3 Å². The van der Waals surface area contributed by atoms with Gasteiger partial charge in [0.1, 0.15) is 10.0 Å². The van der Waals surface area contributed by atoms with E-state index in [1.807, 2.05) is 60.7 Å². The number of hydrogen-bond acceptors (Lipinski definition) is 14. The maximum absolute atomic E-state index is 13.6. The molecule has 0 atom stereocenters. The molecule has 2 heterocycles. The zero-order valence-corrected chi connectivity index (χ0v) is 52.9. The molecule has 4 amide bonds. The van der Waals surface area contributed by atoms with E-state index in [0.29, 0.717) is 51.0 Å². The van der Waals surface area contributed by atoms with Crippen LogP contribution in [0.1, 0.15) is 73.1 Å². The second-order valence-electron chi connectivity index (χ2n) is 21.3. The summed E-state index contributed by atoms with van der Waals surface area (Å²) in [4.78, 5) is 62.0. The van der Waals surface area contributed by atoms with Crippen molar-refractivity contribution in [2.75, 3.05) is 38.0 Å². The van der Waals surface area contributed by atoms with Crippen molar-refractivity contribution in [3.8, 4) is 31.6 Å². The third-order valence-electron chi connectivity index (χ3n) is 12.0. The molecule has 0 spiro atoms. The van der Waals surface area contributed by atoms with Gasteiger partial charge in [-0.05, 0) is 130 Å². The van der Waals surface area contributed by atoms with E-state index < -0.39 is 41.0 Å². The highest BCUT2D eigenvalue weighted by atomic mass is 79.9. The van der Waals surface area contributed by atoms with Crippen LogP contribution in [0, 0.1) is 27.2 Å². The van der Waals surface area contributed by atoms with E-state index in [4.69, 9.17) is 0 Å². The predicted molar refractivity (Wildman–Crippen MR) is 350 cm³/mol. The number of carbonyl (C=O) groups excluding carboxylic acids is 2. The Hall–Kier alpha value is -7.78. The van der Waals surface area contributed by atoms with Crippen molar-refractivity contribution < 1.29 is 36.3 Å². The third-order valence-corrected chi connectivity index (χ3v) is 18.3. The van der Waals surface area contributed by atoms with Crippen molar-refractivity contribution in [3.05, 3.63) is 199 Å². The van der Waals surface area contributed by atoms with Gasteiger partial charge in [-0.3, -0.25) is 30.0 Å². The molecule has 0 aliphatic carbocycles. The molecule has 2 aromatic heterocycles. The number of non-ortho nitro benzene ring substituents is 2.